The summed E-state index contributed by atoms with van der Waals surface area (Å²) in [6, 6.07) is 5.98. The van der Waals surface area contributed by atoms with Crippen molar-refractivity contribution in [2.45, 2.75) is 32.6 Å². The predicted octanol–water partition coefficient (Wildman–Crippen LogP) is 2.80. The average Bonchev–Trinajstić information content (AvgIpc) is 3.09. The van der Waals surface area contributed by atoms with Gasteiger partial charge in [0.05, 0.1) is 6.61 Å². The van der Waals surface area contributed by atoms with Crippen molar-refractivity contribution >= 4 is 5.97 Å². The maximum Gasteiger partial charge on any atom is 0.303 e. The summed E-state index contributed by atoms with van der Waals surface area (Å²) in [5.74, 6) is 0.798. The molecule has 0 bridgehead atoms. The van der Waals surface area contributed by atoms with E-state index in [0.29, 0.717) is 12.3 Å². The van der Waals surface area contributed by atoms with Gasteiger partial charge < -0.3 is 9.84 Å². The first kappa shape index (κ1) is 12.0. The third kappa shape index (κ3) is 3.77. The number of carboxylic acid groups (broad SMARTS) is 1. The van der Waals surface area contributed by atoms with Gasteiger partial charge in [-0.2, -0.15) is 0 Å². The van der Waals surface area contributed by atoms with E-state index in [4.69, 9.17) is 9.84 Å². The van der Waals surface area contributed by atoms with Crippen molar-refractivity contribution in [3.05, 3.63) is 29.3 Å². The number of rotatable bonds is 6. The smallest absolute Gasteiger partial charge is 0.303 e. The van der Waals surface area contributed by atoms with Gasteiger partial charge in [-0.1, -0.05) is 17.7 Å². The van der Waals surface area contributed by atoms with Crippen LogP contribution >= 0.6 is 0 Å². The van der Waals surface area contributed by atoms with Crippen LogP contribution < -0.4 is 4.74 Å². The fourth-order valence-electron chi connectivity index (χ4n) is 1.78. The van der Waals surface area contributed by atoms with Crippen LogP contribution in [-0.2, 0) is 11.2 Å². The first-order chi connectivity index (χ1) is 8.15. The van der Waals surface area contributed by atoms with Crippen LogP contribution in [0.15, 0.2) is 18.2 Å². The van der Waals surface area contributed by atoms with Gasteiger partial charge in [0.25, 0.3) is 0 Å². The molecule has 0 radical (unpaired) electrons. The standard InChI is InChI=1S/C14H18O3/c1-10-2-6-13(17-9-11-3-4-11)12(8-10)5-7-14(15)16/h2,6,8,11H,3-5,7,9H2,1H3,(H,15,16). The number of aliphatic carboxylic acids is 1. The van der Waals surface area contributed by atoms with E-state index in [9.17, 15) is 4.79 Å². The molecule has 1 fully saturated rings. The summed E-state index contributed by atoms with van der Waals surface area (Å²) in [5, 5.41) is 8.72. The minimum Gasteiger partial charge on any atom is -0.493 e. The molecule has 0 amide bonds. The number of carboxylic acids is 1. The lowest BCUT2D eigenvalue weighted by molar-refractivity contribution is -0.136. The van der Waals surface area contributed by atoms with Gasteiger partial charge in [-0.3, -0.25) is 4.79 Å². The summed E-state index contributed by atoms with van der Waals surface area (Å²) in [7, 11) is 0. The average molecular weight is 234 g/mol. The van der Waals surface area contributed by atoms with Crippen LogP contribution in [0.5, 0.6) is 5.75 Å². The van der Waals surface area contributed by atoms with Gasteiger partial charge in [0.15, 0.2) is 0 Å². The van der Waals surface area contributed by atoms with Gasteiger partial charge in [0.2, 0.25) is 0 Å². The van der Waals surface area contributed by atoms with Gasteiger partial charge in [-0.05, 0) is 43.7 Å². The minimum atomic E-state index is -0.764. The van der Waals surface area contributed by atoms with E-state index in [-0.39, 0.29) is 6.42 Å². The molecule has 3 heteroatoms. The third-order valence-electron chi connectivity index (χ3n) is 3.00. The van der Waals surface area contributed by atoms with E-state index in [2.05, 4.69) is 0 Å². The van der Waals surface area contributed by atoms with Crippen LogP contribution in [0.1, 0.15) is 30.4 Å². The van der Waals surface area contributed by atoms with Gasteiger partial charge in [-0.25, -0.2) is 0 Å². The topological polar surface area (TPSA) is 46.5 Å². The summed E-state index contributed by atoms with van der Waals surface area (Å²) in [6.07, 6.45) is 3.22. The molecule has 0 heterocycles. The highest BCUT2D eigenvalue weighted by Crippen LogP contribution is 2.30. The molecule has 1 aliphatic rings. The van der Waals surface area contributed by atoms with Gasteiger partial charge in [0, 0.05) is 6.42 Å². The number of hydrogen-bond donors (Lipinski definition) is 1. The van der Waals surface area contributed by atoms with Crippen LogP contribution in [0.2, 0.25) is 0 Å². The Labute approximate surface area is 101 Å². The second-order valence-electron chi connectivity index (χ2n) is 4.76. The second kappa shape index (κ2) is 5.21. The van der Waals surface area contributed by atoms with Crippen molar-refractivity contribution in [3.63, 3.8) is 0 Å². The van der Waals surface area contributed by atoms with Crippen molar-refractivity contribution in [3.8, 4) is 5.75 Å². The van der Waals surface area contributed by atoms with E-state index in [0.717, 1.165) is 23.5 Å². The minimum absolute atomic E-state index is 0.156. The number of hydrogen-bond acceptors (Lipinski definition) is 2. The molecule has 1 aromatic rings. The van der Waals surface area contributed by atoms with Crippen LogP contribution in [0.4, 0.5) is 0 Å². The van der Waals surface area contributed by atoms with E-state index in [1.165, 1.54) is 12.8 Å². The second-order valence-corrected chi connectivity index (χ2v) is 4.76. The zero-order valence-electron chi connectivity index (χ0n) is 10.1. The number of carbonyl (C=O) groups is 1. The lowest BCUT2D eigenvalue weighted by atomic mass is 10.1. The Morgan fingerprint density at radius 1 is 1.47 bits per heavy atom. The highest BCUT2D eigenvalue weighted by atomic mass is 16.5. The quantitative estimate of drug-likeness (QED) is 0.823. The first-order valence-electron chi connectivity index (χ1n) is 6.09. The molecule has 0 spiro atoms. The van der Waals surface area contributed by atoms with Crippen molar-refractivity contribution in [2.24, 2.45) is 5.92 Å². The number of benzene rings is 1. The van der Waals surface area contributed by atoms with E-state index in [1.807, 2.05) is 25.1 Å². The van der Waals surface area contributed by atoms with Crippen LogP contribution in [0.25, 0.3) is 0 Å². The molecule has 1 N–H and O–H groups in total. The monoisotopic (exact) mass is 234 g/mol. The fourth-order valence-corrected chi connectivity index (χ4v) is 1.78. The number of ether oxygens (including phenoxy) is 1. The summed E-state index contributed by atoms with van der Waals surface area (Å²) < 4.78 is 5.76. The molecule has 0 atom stereocenters. The Hall–Kier alpha value is -1.51. The Bertz CT molecular complexity index is 408. The van der Waals surface area contributed by atoms with Gasteiger partial charge >= 0.3 is 5.97 Å². The maximum absolute atomic E-state index is 10.6. The van der Waals surface area contributed by atoms with Gasteiger partial charge in [0.1, 0.15) is 5.75 Å². The molecule has 1 saturated carbocycles. The molecular formula is C14H18O3. The van der Waals surface area contributed by atoms with Crippen molar-refractivity contribution in [1.29, 1.82) is 0 Å². The van der Waals surface area contributed by atoms with Gasteiger partial charge in [-0.15, -0.1) is 0 Å². The Kier molecular flexibility index (Phi) is 3.67. The molecule has 0 unspecified atom stereocenters. The normalized spacial score (nSPS) is 14.6. The lowest BCUT2D eigenvalue weighted by Crippen LogP contribution is -2.04. The highest BCUT2D eigenvalue weighted by Gasteiger charge is 2.22. The number of aryl methyl sites for hydroxylation is 2. The summed E-state index contributed by atoms with van der Waals surface area (Å²) in [5.41, 5.74) is 2.15. The summed E-state index contributed by atoms with van der Waals surface area (Å²) in [4.78, 5) is 10.6. The fraction of sp³-hybridized carbons (Fsp3) is 0.500. The lowest BCUT2D eigenvalue weighted by Gasteiger charge is -2.11. The zero-order valence-corrected chi connectivity index (χ0v) is 10.1. The third-order valence-corrected chi connectivity index (χ3v) is 3.00. The van der Waals surface area contributed by atoms with E-state index < -0.39 is 5.97 Å². The summed E-state index contributed by atoms with van der Waals surface area (Å²) >= 11 is 0. The van der Waals surface area contributed by atoms with E-state index >= 15 is 0 Å². The van der Waals surface area contributed by atoms with Crippen molar-refractivity contribution in [1.82, 2.24) is 0 Å². The molecular weight excluding hydrogens is 216 g/mol. The largest absolute Gasteiger partial charge is 0.493 e. The molecule has 0 aromatic heterocycles. The molecule has 17 heavy (non-hydrogen) atoms. The van der Waals surface area contributed by atoms with Crippen molar-refractivity contribution < 1.29 is 14.6 Å². The Balaban J connectivity index is 2.02. The maximum atomic E-state index is 10.6. The molecule has 3 nitrogen and oxygen atoms in total. The van der Waals surface area contributed by atoms with Crippen LogP contribution in [-0.4, -0.2) is 17.7 Å². The SMILES string of the molecule is Cc1ccc(OCC2CC2)c(CCC(=O)O)c1. The predicted molar refractivity (Wildman–Crippen MR) is 65.4 cm³/mol. The Morgan fingerprint density at radius 2 is 2.24 bits per heavy atom. The summed E-state index contributed by atoms with van der Waals surface area (Å²) in [6.45, 7) is 2.78. The van der Waals surface area contributed by atoms with Crippen LogP contribution in [0, 0.1) is 12.8 Å². The molecule has 0 saturated heterocycles. The van der Waals surface area contributed by atoms with Crippen molar-refractivity contribution in [2.75, 3.05) is 6.61 Å². The van der Waals surface area contributed by atoms with Crippen LogP contribution in [0.3, 0.4) is 0 Å². The highest BCUT2D eigenvalue weighted by molar-refractivity contribution is 5.67. The molecule has 1 aliphatic carbocycles. The molecule has 2 rings (SSSR count). The zero-order chi connectivity index (χ0) is 12.3. The van der Waals surface area contributed by atoms with E-state index in [1.54, 1.807) is 0 Å². The molecule has 0 aliphatic heterocycles. The first-order valence-corrected chi connectivity index (χ1v) is 6.09. The molecule has 1 aromatic carbocycles. The molecule has 92 valence electrons. The Morgan fingerprint density at radius 3 is 2.88 bits per heavy atom.